The zero-order valence-corrected chi connectivity index (χ0v) is 22.0. The fourth-order valence-electron chi connectivity index (χ4n) is 3.30. The Morgan fingerprint density at radius 2 is 1.69 bits per heavy atom. The largest absolute Gasteiger partial charge is 0.348 e. The molecule has 0 aliphatic heterocycles. The first-order chi connectivity index (χ1) is 16.8. The van der Waals surface area contributed by atoms with Crippen molar-refractivity contribution in [2.75, 3.05) is 18.5 Å². The second kappa shape index (κ2) is 12.7. The molecule has 2 amide bonds. The molecular formula is C25H27BrN3O5P. The van der Waals surface area contributed by atoms with E-state index in [0.717, 1.165) is 11.1 Å². The van der Waals surface area contributed by atoms with E-state index in [9.17, 15) is 14.2 Å². The molecule has 1 aromatic heterocycles. The van der Waals surface area contributed by atoms with Crippen molar-refractivity contribution in [2.45, 2.75) is 26.6 Å². The van der Waals surface area contributed by atoms with Crippen LogP contribution in [0, 0.1) is 0 Å². The highest BCUT2D eigenvalue weighted by Gasteiger charge is 2.24. The Morgan fingerprint density at radius 1 is 0.971 bits per heavy atom. The van der Waals surface area contributed by atoms with Gasteiger partial charge < -0.3 is 19.7 Å². The topological polar surface area (TPSA) is 107 Å². The van der Waals surface area contributed by atoms with Gasteiger partial charge in [-0.05, 0) is 61.4 Å². The van der Waals surface area contributed by atoms with Gasteiger partial charge in [0, 0.05) is 29.0 Å². The Balaban J connectivity index is 1.70. The summed E-state index contributed by atoms with van der Waals surface area (Å²) in [5.41, 5.74) is 2.68. The maximum Gasteiger partial charge on any atom is 0.335 e. The second-order valence-electron chi connectivity index (χ2n) is 7.49. The molecule has 0 saturated carbocycles. The molecule has 2 N–H and O–H groups in total. The average molecular weight is 560 g/mol. The van der Waals surface area contributed by atoms with Gasteiger partial charge in [0.15, 0.2) is 0 Å². The second-order valence-corrected chi connectivity index (χ2v) is 10.5. The molecule has 0 aliphatic carbocycles. The third-order valence-electron chi connectivity index (χ3n) is 4.89. The molecule has 0 bridgehead atoms. The third kappa shape index (κ3) is 7.83. The number of hydrogen-bond acceptors (Lipinski definition) is 6. The molecule has 10 heteroatoms. The van der Waals surface area contributed by atoms with Gasteiger partial charge in [-0.1, -0.05) is 34.1 Å². The highest BCUT2D eigenvalue weighted by molar-refractivity contribution is 9.10. The van der Waals surface area contributed by atoms with E-state index in [4.69, 9.17) is 9.05 Å². The molecule has 0 saturated heterocycles. The number of aromatic nitrogens is 1. The van der Waals surface area contributed by atoms with E-state index in [-0.39, 0.29) is 31.2 Å². The predicted octanol–water partition coefficient (Wildman–Crippen LogP) is 5.79. The van der Waals surface area contributed by atoms with E-state index in [1.54, 1.807) is 74.8 Å². The van der Waals surface area contributed by atoms with Crippen molar-refractivity contribution in [1.29, 1.82) is 0 Å². The summed E-state index contributed by atoms with van der Waals surface area (Å²) in [5, 5.41) is 5.65. The molecular weight excluding hydrogens is 533 g/mol. The van der Waals surface area contributed by atoms with Gasteiger partial charge in [0.05, 0.1) is 30.6 Å². The van der Waals surface area contributed by atoms with E-state index in [2.05, 4.69) is 31.5 Å². The number of hydrogen-bond donors (Lipinski definition) is 2. The highest BCUT2D eigenvalue weighted by atomic mass is 79.9. The van der Waals surface area contributed by atoms with Gasteiger partial charge in [0.2, 0.25) is 0 Å². The van der Waals surface area contributed by atoms with Gasteiger partial charge in [-0.15, -0.1) is 0 Å². The van der Waals surface area contributed by atoms with Crippen LogP contribution < -0.4 is 10.6 Å². The van der Waals surface area contributed by atoms with Crippen molar-refractivity contribution >= 4 is 41.0 Å². The predicted molar refractivity (Wildman–Crippen MR) is 139 cm³/mol. The number of nitrogens with one attached hydrogen (secondary N) is 2. The van der Waals surface area contributed by atoms with Crippen LogP contribution in [0.1, 0.15) is 45.7 Å². The molecule has 8 nitrogen and oxygen atoms in total. The lowest BCUT2D eigenvalue weighted by Crippen LogP contribution is -2.25. The van der Waals surface area contributed by atoms with Gasteiger partial charge in [-0.25, -0.2) is 0 Å². The monoisotopic (exact) mass is 559 g/mol. The quantitative estimate of drug-likeness (QED) is 0.288. The Labute approximate surface area is 213 Å². The first-order valence-corrected chi connectivity index (χ1v) is 13.6. The Kier molecular flexibility index (Phi) is 9.74. The number of rotatable bonds is 11. The van der Waals surface area contributed by atoms with E-state index in [0.29, 0.717) is 27.8 Å². The van der Waals surface area contributed by atoms with Crippen molar-refractivity contribution in [2.24, 2.45) is 0 Å². The highest BCUT2D eigenvalue weighted by Crippen LogP contribution is 2.51. The average Bonchev–Trinajstić information content (AvgIpc) is 2.85. The van der Waals surface area contributed by atoms with E-state index in [1.807, 2.05) is 6.07 Å². The molecule has 184 valence electrons. The number of anilines is 1. The minimum Gasteiger partial charge on any atom is -0.348 e. The molecule has 0 radical (unpaired) electrons. The van der Waals surface area contributed by atoms with Crippen LogP contribution in [0.4, 0.5) is 5.69 Å². The lowest BCUT2D eigenvalue weighted by atomic mass is 10.1. The van der Waals surface area contributed by atoms with E-state index < -0.39 is 7.60 Å². The summed E-state index contributed by atoms with van der Waals surface area (Å²) in [7, 11) is -3.24. The number of pyridine rings is 1. The summed E-state index contributed by atoms with van der Waals surface area (Å²) in [6.07, 6.45) is 3.45. The standard InChI is InChI=1S/C25H27BrN3O5P/c1-3-33-35(32,34-4-2)17-18-7-9-20(10-8-18)24(30)29-23-12-11-21(26)14-22(23)25(31)28-16-19-6-5-13-27-15-19/h5-15H,3-4,16-17H2,1-2H3,(H,28,31)(H,29,30). The molecule has 2 aromatic carbocycles. The summed E-state index contributed by atoms with van der Waals surface area (Å²) >= 11 is 3.38. The van der Waals surface area contributed by atoms with Crippen LogP contribution in [-0.2, 0) is 26.3 Å². The third-order valence-corrected chi connectivity index (χ3v) is 7.44. The van der Waals surface area contributed by atoms with Crippen LogP contribution in [0.3, 0.4) is 0 Å². The van der Waals surface area contributed by atoms with Crippen LogP contribution in [0.2, 0.25) is 0 Å². The van der Waals surface area contributed by atoms with Crippen LogP contribution in [0.25, 0.3) is 0 Å². The van der Waals surface area contributed by atoms with Crippen molar-refractivity contribution in [1.82, 2.24) is 10.3 Å². The van der Waals surface area contributed by atoms with Crippen LogP contribution >= 0.6 is 23.5 Å². The number of nitrogens with zero attached hydrogens (tertiary/aromatic N) is 1. The SMILES string of the molecule is CCOP(=O)(Cc1ccc(C(=O)Nc2ccc(Br)cc2C(=O)NCc2cccnc2)cc1)OCC. The zero-order valence-electron chi connectivity index (χ0n) is 19.5. The lowest BCUT2D eigenvalue weighted by molar-refractivity contribution is 0.0951. The minimum absolute atomic E-state index is 0.116. The van der Waals surface area contributed by atoms with Gasteiger partial charge in [0.25, 0.3) is 11.8 Å². The summed E-state index contributed by atoms with van der Waals surface area (Å²) < 4.78 is 24.1. The smallest absolute Gasteiger partial charge is 0.335 e. The zero-order chi connectivity index (χ0) is 25.3. The van der Waals surface area contributed by atoms with E-state index in [1.165, 1.54) is 0 Å². The summed E-state index contributed by atoms with van der Waals surface area (Å²) in [6, 6.07) is 15.4. The van der Waals surface area contributed by atoms with Crippen LogP contribution in [0.5, 0.6) is 0 Å². The molecule has 35 heavy (non-hydrogen) atoms. The molecule has 0 atom stereocenters. The van der Waals surface area contributed by atoms with Gasteiger partial charge >= 0.3 is 7.60 Å². The van der Waals surface area contributed by atoms with Crippen LogP contribution in [0.15, 0.2) is 71.5 Å². The first kappa shape index (κ1) is 26.8. The summed E-state index contributed by atoms with van der Waals surface area (Å²) in [5.74, 6) is -0.707. The lowest BCUT2D eigenvalue weighted by Gasteiger charge is -2.17. The van der Waals surface area contributed by atoms with Crippen molar-refractivity contribution < 1.29 is 23.2 Å². The summed E-state index contributed by atoms with van der Waals surface area (Å²) in [6.45, 7) is 4.39. The van der Waals surface area contributed by atoms with Gasteiger partial charge in [-0.2, -0.15) is 0 Å². The minimum atomic E-state index is -3.24. The Hall–Kier alpha value is -2.84. The molecule has 0 unspecified atom stereocenters. The van der Waals surface area contributed by atoms with Gasteiger partial charge in [0.1, 0.15) is 0 Å². The molecule has 1 heterocycles. The maximum atomic E-state index is 12.9. The fraction of sp³-hybridized carbons (Fsp3) is 0.240. The first-order valence-electron chi connectivity index (χ1n) is 11.1. The van der Waals surface area contributed by atoms with Gasteiger partial charge in [-0.3, -0.25) is 19.1 Å². The molecule has 0 spiro atoms. The number of amides is 2. The Morgan fingerprint density at radius 3 is 2.31 bits per heavy atom. The van der Waals surface area contributed by atoms with Crippen LogP contribution in [-0.4, -0.2) is 30.0 Å². The fourth-order valence-corrected chi connectivity index (χ4v) is 5.36. The number of carbonyl (C=O) groups is 2. The molecule has 0 fully saturated rings. The maximum absolute atomic E-state index is 12.9. The number of halogens is 1. The normalized spacial score (nSPS) is 11.2. The molecule has 3 rings (SSSR count). The Bertz CT molecular complexity index is 1200. The van der Waals surface area contributed by atoms with E-state index >= 15 is 0 Å². The van der Waals surface area contributed by atoms with Crippen molar-refractivity contribution in [3.8, 4) is 0 Å². The number of benzene rings is 2. The van der Waals surface area contributed by atoms with Crippen molar-refractivity contribution in [3.63, 3.8) is 0 Å². The molecule has 0 aliphatic rings. The number of carbonyl (C=O) groups excluding carboxylic acids is 2. The molecule has 3 aromatic rings. The summed E-state index contributed by atoms with van der Waals surface area (Å²) in [4.78, 5) is 29.8. The van der Waals surface area contributed by atoms with Crippen molar-refractivity contribution in [3.05, 3.63) is 93.7 Å².